The topological polar surface area (TPSA) is 73.6 Å². The molecule has 0 atom stereocenters. The lowest BCUT2D eigenvalue weighted by atomic mass is 10.1. The summed E-state index contributed by atoms with van der Waals surface area (Å²) in [6.45, 7) is 3.00. The van der Waals surface area contributed by atoms with Crippen molar-refractivity contribution < 1.29 is 14.4 Å². The molecule has 30 heavy (non-hydrogen) atoms. The van der Waals surface area contributed by atoms with Crippen LogP contribution >= 0.6 is 38.5 Å². The van der Waals surface area contributed by atoms with Crippen LogP contribution in [0.3, 0.4) is 0 Å². The number of hydrogen-bond acceptors (Lipinski definition) is 5. The second-order valence-electron chi connectivity index (χ2n) is 6.63. The van der Waals surface area contributed by atoms with Crippen molar-refractivity contribution in [2.75, 3.05) is 12.4 Å². The summed E-state index contributed by atoms with van der Waals surface area (Å²) in [5, 5.41) is 14.2. The first-order valence-corrected chi connectivity index (χ1v) is 11.0. The molecule has 0 radical (unpaired) electrons. The standard InChI is InChI=1S/C22H20BrIN2O4/c1-14-9-17(23)5-8-20(14)25-12-16-10-19(24)22(21(11-16)29-2)30-13-15-3-6-18(7-4-15)26(27)28/h3-11,25H,12-13H2,1-2H3. The predicted molar refractivity (Wildman–Crippen MR) is 129 cm³/mol. The minimum Gasteiger partial charge on any atom is -0.493 e. The van der Waals surface area contributed by atoms with Gasteiger partial charge in [0.25, 0.3) is 5.69 Å². The van der Waals surface area contributed by atoms with Gasteiger partial charge in [-0.05, 0) is 88.7 Å². The Bertz CT molecular complexity index is 1060. The molecule has 3 aromatic carbocycles. The van der Waals surface area contributed by atoms with Crippen molar-refractivity contribution in [2.24, 2.45) is 0 Å². The summed E-state index contributed by atoms with van der Waals surface area (Å²) in [5.74, 6) is 1.30. The van der Waals surface area contributed by atoms with E-state index in [-0.39, 0.29) is 5.69 Å². The van der Waals surface area contributed by atoms with E-state index < -0.39 is 4.92 Å². The number of methoxy groups -OCH3 is 1. The van der Waals surface area contributed by atoms with E-state index in [4.69, 9.17) is 9.47 Å². The molecule has 3 rings (SSSR count). The summed E-state index contributed by atoms with van der Waals surface area (Å²) in [7, 11) is 1.61. The molecule has 0 unspecified atom stereocenters. The van der Waals surface area contributed by atoms with E-state index in [2.05, 4.69) is 62.9 Å². The highest BCUT2D eigenvalue weighted by Gasteiger charge is 2.13. The fourth-order valence-corrected chi connectivity index (χ4v) is 4.20. The molecule has 3 aromatic rings. The van der Waals surface area contributed by atoms with E-state index in [0.717, 1.165) is 30.4 Å². The number of aryl methyl sites for hydroxylation is 1. The quantitative estimate of drug-likeness (QED) is 0.187. The van der Waals surface area contributed by atoms with Gasteiger partial charge in [0.05, 0.1) is 15.6 Å². The van der Waals surface area contributed by atoms with E-state index in [1.165, 1.54) is 12.1 Å². The summed E-state index contributed by atoms with van der Waals surface area (Å²) in [6.07, 6.45) is 0. The molecular formula is C22H20BrIN2O4. The summed E-state index contributed by atoms with van der Waals surface area (Å²) >= 11 is 5.71. The lowest BCUT2D eigenvalue weighted by Gasteiger charge is -2.16. The van der Waals surface area contributed by atoms with Crippen molar-refractivity contribution >= 4 is 49.9 Å². The Balaban J connectivity index is 1.71. The van der Waals surface area contributed by atoms with E-state index in [1.54, 1.807) is 19.2 Å². The molecule has 6 nitrogen and oxygen atoms in total. The van der Waals surface area contributed by atoms with E-state index in [0.29, 0.717) is 24.7 Å². The fourth-order valence-electron chi connectivity index (χ4n) is 2.91. The maximum absolute atomic E-state index is 10.8. The Kier molecular flexibility index (Phi) is 7.54. The number of ether oxygens (including phenoxy) is 2. The van der Waals surface area contributed by atoms with Gasteiger partial charge in [-0.1, -0.05) is 15.9 Å². The number of halogens is 2. The molecule has 0 aliphatic rings. The fraction of sp³-hybridized carbons (Fsp3) is 0.182. The number of nitro groups is 1. The molecular weight excluding hydrogens is 563 g/mol. The highest BCUT2D eigenvalue weighted by Crippen LogP contribution is 2.35. The third kappa shape index (κ3) is 5.63. The monoisotopic (exact) mass is 582 g/mol. The number of nitrogens with one attached hydrogen (secondary N) is 1. The molecule has 0 bridgehead atoms. The summed E-state index contributed by atoms with van der Waals surface area (Å²) < 4.78 is 13.5. The summed E-state index contributed by atoms with van der Waals surface area (Å²) in [4.78, 5) is 10.4. The largest absolute Gasteiger partial charge is 0.493 e. The Hall–Kier alpha value is -2.33. The number of nitro benzene ring substituents is 1. The van der Waals surface area contributed by atoms with Gasteiger partial charge in [0.2, 0.25) is 0 Å². The maximum Gasteiger partial charge on any atom is 0.269 e. The zero-order valence-electron chi connectivity index (χ0n) is 16.4. The second kappa shape index (κ2) is 10.1. The highest BCUT2D eigenvalue weighted by atomic mass is 127. The number of anilines is 1. The molecule has 0 aliphatic heterocycles. The maximum atomic E-state index is 10.8. The zero-order chi connectivity index (χ0) is 21.7. The number of non-ortho nitro benzene ring substituents is 1. The van der Waals surface area contributed by atoms with Crippen LogP contribution in [0.25, 0.3) is 0 Å². The molecule has 0 amide bonds. The predicted octanol–water partition coefficient (Wildman–Crippen LogP) is 6.47. The van der Waals surface area contributed by atoms with Gasteiger partial charge in [-0.2, -0.15) is 0 Å². The third-order valence-electron chi connectivity index (χ3n) is 4.49. The second-order valence-corrected chi connectivity index (χ2v) is 8.71. The number of benzene rings is 3. The lowest BCUT2D eigenvalue weighted by molar-refractivity contribution is -0.384. The van der Waals surface area contributed by atoms with Crippen LogP contribution in [0.15, 0.2) is 59.1 Å². The first kappa shape index (κ1) is 22.4. The minimum atomic E-state index is -0.418. The minimum absolute atomic E-state index is 0.0591. The molecule has 0 saturated carbocycles. The van der Waals surface area contributed by atoms with Gasteiger partial charge in [0.15, 0.2) is 11.5 Å². The average molecular weight is 583 g/mol. The van der Waals surface area contributed by atoms with Gasteiger partial charge in [-0.15, -0.1) is 0 Å². The Morgan fingerprint density at radius 2 is 1.83 bits per heavy atom. The molecule has 0 heterocycles. The first-order valence-electron chi connectivity index (χ1n) is 9.10. The van der Waals surface area contributed by atoms with Gasteiger partial charge < -0.3 is 14.8 Å². The first-order chi connectivity index (χ1) is 14.4. The van der Waals surface area contributed by atoms with Gasteiger partial charge in [0, 0.05) is 28.8 Å². The van der Waals surface area contributed by atoms with E-state index in [9.17, 15) is 10.1 Å². The molecule has 156 valence electrons. The molecule has 0 aliphatic carbocycles. The summed E-state index contributed by atoms with van der Waals surface area (Å²) in [5.41, 5.74) is 4.21. The van der Waals surface area contributed by atoms with Crippen molar-refractivity contribution in [3.05, 3.63) is 89.4 Å². The Morgan fingerprint density at radius 1 is 1.10 bits per heavy atom. The van der Waals surface area contributed by atoms with E-state index in [1.807, 2.05) is 18.2 Å². The molecule has 0 saturated heterocycles. The lowest BCUT2D eigenvalue weighted by Crippen LogP contribution is -2.04. The van der Waals surface area contributed by atoms with Crippen molar-refractivity contribution in [2.45, 2.75) is 20.1 Å². The van der Waals surface area contributed by atoms with Crippen molar-refractivity contribution in [3.63, 3.8) is 0 Å². The zero-order valence-corrected chi connectivity index (χ0v) is 20.2. The normalized spacial score (nSPS) is 10.5. The van der Waals surface area contributed by atoms with Gasteiger partial charge >= 0.3 is 0 Å². The third-order valence-corrected chi connectivity index (χ3v) is 5.79. The van der Waals surface area contributed by atoms with Crippen LogP contribution in [0.2, 0.25) is 0 Å². The van der Waals surface area contributed by atoms with Crippen LogP contribution in [-0.4, -0.2) is 12.0 Å². The molecule has 8 heteroatoms. The van der Waals surface area contributed by atoms with Crippen molar-refractivity contribution in [1.82, 2.24) is 0 Å². The Labute approximate surface area is 197 Å². The van der Waals surface area contributed by atoms with E-state index >= 15 is 0 Å². The van der Waals surface area contributed by atoms with Crippen LogP contribution in [-0.2, 0) is 13.2 Å². The van der Waals surface area contributed by atoms with Gasteiger partial charge in [0.1, 0.15) is 6.61 Å². The van der Waals surface area contributed by atoms with Gasteiger partial charge in [-0.25, -0.2) is 0 Å². The SMILES string of the molecule is COc1cc(CNc2ccc(Br)cc2C)cc(I)c1OCc1ccc([N+](=O)[O-])cc1. The molecule has 1 N–H and O–H groups in total. The van der Waals surface area contributed by atoms with Gasteiger partial charge in [-0.3, -0.25) is 10.1 Å². The number of rotatable bonds is 8. The van der Waals surface area contributed by atoms with Crippen LogP contribution in [0.5, 0.6) is 11.5 Å². The van der Waals surface area contributed by atoms with Crippen LogP contribution < -0.4 is 14.8 Å². The van der Waals surface area contributed by atoms with Crippen LogP contribution in [0.4, 0.5) is 11.4 Å². The Morgan fingerprint density at radius 3 is 2.47 bits per heavy atom. The molecule has 0 spiro atoms. The average Bonchev–Trinajstić information content (AvgIpc) is 2.72. The molecule has 0 aromatic heterocycles. The van der Waals surface area contributed by atoms with Crippen LogP contribution in [0, 0.1) is 20.6 Å². The number of hydrogen-bond donors (Lipinski definition) is 1. The van der Waals surface area contributed by atoms with Crippen molar-refractivity contribution in [3.8, 4) is 11.5 Å². The van der Waals surface area contributed by atoms with Crippen LogP contribution in [0.1, 0.15) is 16.7 Å². The smallest absolute Gasteiger partial charge is 0.269 e. The van der Waals surface area contributed by atoms with Crippen molar-refractivity contribution in [1.29, 1.82) is 0 Å². The summed E-state index contributed by atoms with van der Waals surface area (Å²) in [6, 6.07) is 16.5. The highest BCUT2D eigenvalue weighted by molar-refractivity contribution is 14.1. The number of nitrogens with zero attached hydrogens (tertiary/aromatic N) is 1. The molecule has 0 fully saturated rings.